The van der Waals surface area contributed by atoms with Gasteiger partial charge in [-0.05, 0) is 78.0 Å². The van der Waals surface area contributed by atoms with Crippen molar-refractivity contribution in [2.24, 2.45) is 12.5 Å². The van der Waals surface area contributed by atoms with Crippen molar-refractivity contribution < 1.29 is 8.96 Å². The van der Waals surface area contributed by atoms with Crippen LogP contribution in [0, 0.1) is 18.2 Å². The molecule has 38 heavy (non-hydrogen) atoms. The van der Waals surface area contributed by atoms with Crippen molar-refractivity contribution >= 4 is 59.8 Å². The summed E-state index contributed by atoms with van der Waals surface area (Å²) in [6, 6.07) is 21.3. The van der Waals surface area contributed by atoms with E-state index >= 15 is 4.39 Å². The minimum Gasteiger partial charge on any atom is -0.305 e. The van der Waals surface area contributed by atoms with E-state index in [4.69, 9.17) is 0 Å². The second-order valence-electron chi connectivity index (χ2n) is 12.4. The number of aromatic nitrogens is 2. The van der Waals surface area contributed by atoms with E-state index in [0.29, 0.717) is 22.2 Å². The fraction of sp³-hybridized carbons (Fsp3) is 0.286. The highest BCUT2D eigenvalue weighted by Crippen LogP contribution is 2.49. The Morgan fingerprint density at radius 2 is 1.53 bits per heavy atom. The zero-order valence-electron chi connectivity index (χ0n) is 22.5. The summed E-state index contributed by atoms with van der Waals surface area (Å²) in [7, 11) is 2.10. The summed E-state index contributed by atoms with van der Waals surface area (Å²) in [5.74, 6) is 0.394. The van der Waals surface area contributed by atoms with E-state index in [1.54, 1.807) is 0 Å². The first kappa shape index (κ1) is 22.3. The zero-order valence-corrected chi connectivity index (χ0v) is 22.5. The number of rotatable bonds is 1. The first-order valence-electron chi connectivity index (χ1n) is 14.0. The first-order chi connectivity index (χ1) is 18.4. The SMILES string of the molecule is Cc1c2ccccc2c(F)c2c1c1c3c(cc[n+]1C)cc(C1CCC(C)(C)CC1)c1c4ccccc4n2c13. The molecule has 0 atom stereocenters. The molecule has 3 heteroatoms. The van der Waals surface area contributed by atoms with Crippen LogP contribution in [0.25, 0.3) is 59.8 Å². The molecule has 0 saturated heterocycles. The molecule has 7 aromatic rings. The molecule has 8 rings (SSSR count). The van der Waals surface area contributed by atoms with Crippen molar-refractivity contribution in [1.29, 1.82) is 0 Å². The molecule has 0 bridgehead atoms. The van der Waals surface area contributed by atoms with Gasteiger partial charge in [-0.15, -0.1) is 0 Å². The Labute approximate surface area is 221 Å². The average Bonchev–Trinajstić information content (AvgIpc) is 3.27. The summed E-state index contributed by atoms with van der Waals surface area (Å²) >= 11 is 0. The fourth-order valence-corrected chi connectivity index (χ4v) is 7.66. The zero-order chi connectivity index (χ0) is 25.9. The molecule has 0 radical (unpaired) electrons. The van der Waals surface area contributed by atoms with Gasteiger partial charge in [0, 0.05) is 22.2 Å². The first-order valence-corrected chi connectivity index (χ1v) is 14.0. The van der Waals surface area contributed by atoms with Gasteiger partial charge in [0.05, 0.1) is 27.3 Å². The Morgan fingerprint density at radius 1 is 0.842 bits per heavy atom. The number of aryl methyl sites for hydroxylation is 2. The van der Waals surface area contributed by atoms with Crippen LogP contribution in [-0.4, -0.2) is 4.40 Å². The minimum atomic E-state index is -0.128. The Hall–Kier alpha value is -3.72. The molecule has 0 unspecified atom stereocenters. The molecule has 0 N–H and O–H groups in total. The molecule has 0 aliphatic heterocycles. The molecular formula is C35H32FN2+. The number of halogens is 1. The fourth-order valence-electron chi connectivity index (χ4n) is 7.66. The van der Waals surface area contributed by atoms with Gasteiger partial charge < -0.3 is 4.40 Å². The van der Waals surface area contributed by atoms with Gasteiger partial charge in [-0.3, -0.25) is 0 Å². The van der Waals surface area contributed by atoms with Crippen molar-refractivity contribution in [3.8, 4) is 0 Å². The highest BCUT2D eigenvalue weighted by atomic mass is 19.1. The van der Waals surface area contributed by atoms with Crippen LogP contribution in [0.15, 0.2) is 66.9 Å². The Kier molecular flexibility index (Phi) is 4.36. The van der Waals surface area contributed by atoms with Crippen LogP contribution < -0.4 is 4.57 Å². The summed E-state index contributed by atoms with van der Waals surface area (Å²) in [6.07, 6.45) is 7.05. The molecule has 1 fully saturated rings. The Balaban J connectivity index is 1.67. The quantitative estimate of drug-likeness (QED) is 0.121. The molecule has 1 saturated carbocycles. The monoisotopic (exact) mass is 499 g/mol. The van der Waals surface area contributed by atoms with Gasteiger partial charge in [-0.25, -0.2) is 8.96 Å². The topological polar surface area (TPSA) is 8.29 Å². The van der Waals surface area contributed by atoms with Crippen molar-refractivity contribution in [3.63, 3.8) is 0 Å². The third kappa shape index (κ3) is 2.74. The molecule has 1 aliphatic rings. The summed E-state index contributed by atoms with van der Waals surface area (Å²) < 4.78 is 21.2. The molecule has 3 aromatic heterocycles. The van der Waals surface area contributed by atoms with Gasteiger partial charge >= 0.3 is 0 Å². The maximum Gasteiger partial charge on any atom is 0.224 e. The van der Waals surface area contributed by atoms with Gasteiger partial charge in [0.1, 0.15) is 7.05 Å². The molecule has 4 aromatic carbocycles. The van der Waals surface area contributed by atoms with E-state index in [0.717, 1.165) is 27.4 Å². The third-order valence-corrected chi connectivity index (χ3v) is 9.69. The highest BCUT2D eigenvalue weighted by Gasteiger charge is 2.33. The van der Waals surface area contributed by atoms with Crippen molar-refractivity contribution in [1.82, 2.24) is 4.40 Å². The summed E-state index contributed by atoms with van der Waals surface area (Å²) in [6.45, 7) is 6.97. The van der Waals surface area contributed by atoms with Gasteiger partial charge in [0.15, 0.2) is 12.0 Å². The summed E-state index contributed by atoms with van der Waals surface area (Å²) in [5, 5.41) is 7.74. The number of fused-ring (bicyclic) bond motifs is 7. The largest absolute Gasteiger partial charge is 0.305 e. The van der Waals surface area contributed by atoms with Crippen molar-refractivity contribution in [3.05, 3.63) is 83.8 Å². The second kappa shape index (κ2) is 7.44. The van der Waals surface area contributed by atoms with E-state index in [2.05, 4.69) is 85.4 Å². The lowest BCUT2D eigenvalue weighted by molar-refractivity contribution is -0.643. The second-order valence-corrected chi connectivity index (χ2v) is 12.4. The van der Waals surface area contributed by atoms with E-state index in [-0.39, 0.29) is 5.82 Å². The van der Waals surface area contributed by atoms with E-state index < -0.39 is 0 Å². The minimum absolute atomic E-state index is 0.128. The predicted molar refractivity (Wildman–Crippen MR) is 157 cm³/mol. The van der Waals surface area contributed by atoms with Crippen LogP contribution in [0.1, 0.15) is 56.6 Å². The van der Waals surface area contributed by atoms with Crippen molar-refractivity contribution in [2.45, 2.75) is 52.4 Å². The predicted octanol–water partition coefficient (Wildman–Crippen LogP) is 9.10. The maximum atomic E-state index is 16.8. The summed E-state index contributed by atoms with van der Waals surface area (Å²) in [5.41, 5.74) is 7.08. The van der Waals surface area contributed by atoms with E-state index in [1.165, 1.54) is 58.3 Å². The molecule has 2 nitrogen and oxygen atoms in total. The van der Waals surface area contributed by atoms with E-state index in [9.17, 15) is 0 Å². The number of para-hydroxylation sites is 1. The lowest BCUT2D eigenvalue weighted by Gasteiger charge is -2.35. The molecule has 0 spiro atoms. The molecule has 3 heterocycles. The van der Waals surface area contributed by atoms with E-state index in [1.807, 2.05) is 18.2 Å². The van der Waals surface area contributed by atoms with Crippen LogP contribution in [-0.2, 0) is 7.05 Å². The molecule has 1 aliphatic carbocycles. The smallest absolute Gasteiger partial charge is 0.224 e. The van der Waals surface area contributed by atoms with Crippen LogP contribution in [0.3, 0.4) is 0 Å². The number of hydrogen-bond acceptors (Lipinski definition) is 0. The third-order valence-electron chi connectivity index (χ3n) is 9.69. The number of hydrogen-bond donors (Lipinski definition) is 0. The van der Waals surface area contributed by atoms with Crippen LogP contribution in [0.4, 0.5) is 4.39 Å². The molecule has 188 valence electrons. The summed E-state index contributed by atoms with van der Waals surface area (Å²) in [4.78, 5) is 0. The lowest BCUT2D eigenvalue weighted by atomic mass is 9.70. The molecular weight excluding hydrogens is 467 g/mol. The van der Waals surface area contributed by atoms with Crippen LogP contribution >= 0.6 is 0 Å². The normalized spacial score (nSPS) is 16.8. The highest BCUT2D eigenvalue weighted by molar-refractivity contribution is 6.29. The van der Waals surface area contributed by atoms with Crippen LogP contribution in [0.5, 0.6) is 0 Å². The van der Waals surface area contributed by atoms with Gasteiger partial charge in [0.2, 0.25) is 5.52 Å². The standard InChI is InChI=1S/C35H32FN2/c1-20-23-9-5-6-10-24(23)31(36)34-28(20)32-29-22(15-18-37(32)4)19-26(21-13-16-35(2,3)17-14-21)30-25-11-7-8-12-27(25)38(34)33(29)30/h5-12,15,18-19,21H,13-14,16-17H2,1-4H3/q+1. The maximum absolute atomic E-state index is 16.8. The number of pyridine rings is 2. The molecule has 0 amide bonds. The van der Waals surface area contributed by atoms with Crippen molar-refractivity contribution in [2.75, 3.05) is 0 Å². The Bertz CT molecular complexity index is 2090. The average molecular weight is 500 g/mol. The number of benzene rings is 4. The van der Waals surface area contributed by atoms with Gasteiger partial charge in [0.25, 0.3) is 0 Å². The lowest BCUT2D eigenvalue weighted by Crippen LogP contribution is -2.29. The van der Waals surface area contributed by atoms with Gasteiger partial charge in [-0.1, -0.05) is 56.3 Å². The van der Waals surface area contributed by atoms with Crippen LogP contribution in [0.2, 0.25) is 0 Å². The Morgan fingerprint density at radius 3 is 2.29 bits per heavy atom. The number of nitrogens with zero attached hydrogens (tertiary/aromatic N) is 2. The van der Waals surface area contributed by atoms with Gasteiger partial charge in [-0.2, -0.15) is 0 Å².